The van der Waals surface area contributed by atoms with E-state index in [2.05, 4.69) is 43.5 Å². The normalized spacial score (nSPS) is 12.5. The number of aliphatic hydroxyl groups is 2. The smallest absolute Gasteiger partial charge is 0.305 e. The van der Waals surface area contributed by atoms with Gasteiger partial charge in [-0.1, -0.05) is 443 Å². The second-order valence-corrected chi connectivity index (χ2v) is 29.5. The minimum Gasteiger partial charge on any atom is -0.466 e. The van der Waals surface area contributed by atoms with Gasteiger partial charge in [-0.2, -0.15) is 0 Å². The van der Waals surface area contributed by atoms with Gasteiger partial charge in [0.05, 0.1) is 25.4 Å². The van der Waals surface area contributed by atoms with Crippen LogP contribution in [0.25, 0.3) is 0 Å². The molecule has 0 aliphatic carbocycles. The van der Waals surface area contributed by atoms with Crippen LogP contribution in [0.3, 0.4) is 0 Å². The number of hydrogen-bond acceptors (Lipinski definition) is 5. The number of unbranched alkanes of at least 4 members (excludes halogenated alkanes) is 66. The van der Waals surface area contributed by atoms with Gasteiger partial charge >= 0.3 is 5.97 Å². The Morgan fingerprint density at radius 1 is 0.304 bits per heavy atom. The fraction of sp³-hybridized carbons (Fsp3) is 0.930. The Balaban J connectivity index is 3.33. The van der Waals surface area contributed by atoms with Crippen LogP contribution in [-0.2, 0) is 14.3 Å². The number of rotatable bonds is 81. The molecule has 0 bridgehead atoms. The van der Waals surface area contributed by atoms with Crippen LogP contribution in [0.15, 0.2) is 24.3 Å². The summed E-state index contributed by atoms with van der Waals surface area (Å²) in [5, 5.41) is 23.4. The summed E-state index contributed by atoms with van der Waals surface area (Å²) in [6.45, 7) is 5.02. The van der Waals surface area contributed by atoms with Gasteiger partial charge in [-0.15, -0.1) is 0 Å². The number of esters is 1. The average Bonchev–Trinajstić information content (AvgIpc) is 3.61. The molecule has 0 heterocycles. The lowest BCUT2D eigenvalue weighted by Crippen LogP contribution is -2.45. The molecule has 6 heteroatoms. The third kappa shape index (κ3) is 77.3. The lowest BCUT2D eigenvalue weighted by Gasteiger charge is -2.22. The average molecular weight is 1300 g/mol. The maximum absolute atomic E-state index is 12.6. The van der Waals surface area contributed by atoms with E-state index < -0.39 is 12.1 Å². The molecule has 2 atom stereocenters. The van der Waals surface area contributed by atoms with Gasteiger partial charge < -0.3 is 20.3 Å². The molecule has 0 saturated carbocycles. The molecule has 0 aliphatic heterocycles. The van der Waals surface area contributed by atoms with Gasteiger partial charge in [-0.3, -0.25) is 9.59 Å². The predicted octanol–water partition coefficient (Wildman–Crippen LogP) is 28.4. The van der Waals surface area contributed by atoms with Crippen molar-refractivity contribution in [2.75, 3.05) is 13.2 Å². The Morgan fingerprint density at radius 2 is 0.543 bits per heavy atom. The van der Waals surface area contributed by atoms with Crippen LogP contribution < -0.4 is 5.32 Å². The molecule has 2 unspecified atom stereocenters. The molecule has 546 valence electrons. The summed E-state index contributed by atoms with van der Waals surface area (Å²) < 4.78 is 5.52. The Morgan fingerprint density at radius 3 is 0.826 bits per heavy atom. The first-order chi connectivity index (χ1) is 45.5. The first kappa shape index (κ1) is 90.3. The van der Waals surface area contributed by atoms with E-state index in [9.17, 15) is 19.8 Å². The molecule has 0 rings (SSSR count). The molecule has 92 heavy (non-hydrogen) atoms. The van der Waals surface area contributed by atoms with E-state index in [1.54, 1.807) is 0 Å². The Hall–Kier alpha value is -1.66. The van der Waals surface area contributed by atoms with Gasteiger partial charge in [-0.05, 0) is 57.8 Å². The summed E-state index contributed by atoms with van der Waals surface area (Å²) in [6, 6.07) is -0.539. The molecular weight excluding hydrogens is 1130 g/mol. The zero-order valence-corrected chi connectivity index (χ0v) is 62.8. The van der Waals surface area contributed by atoms with Gasteiger partial charge in [0, 0.05) is 12.8 Å². The van der Waals surface area contributed by atoms with Crippen LogP contribution in [0, 0.1) is 0 Å². The number of hydrogen-bond donors (Lipinski definition) is 3. The highest BCUT2D eigenvalue weighted by molar-refractivity contribution is 5.76. The second kappa shape index (κ2) is 81.8. The van der Waals surface area contributed by atoms with Crippen molar-refractivity contribution in [3.05, 3.63) is 24.3 Å². The van der Waals surface area contributed by atoms with Crippen molar-refractivity contribution in [3.8, 4) is 0 Å². The highest BCUT2D eigenvalue weighted by Crippen LogP contribution is 2.21. The third-order valence-electron chi connectivity index (χ3n) is 20.3. The number of nitrogens with one attached hydrogen (secondary N) is 1. The van der Waals surface area contributed by atoms with Crippen LogP contribution in [0.5, 0.6) is 0 Å². The lowest BCUT2D eigenvalue weighted by atomic mass is 10.0. The molecule has 6 nitrogen and oxygen atoms in total. The van der Waals surface area contributed by atoms with E-state index in [0.29, 0.717) is 25.9 Å². The van der Waals surface area contributed by atoms with Crippen molar-refractivity contribution < 1.29 is 24.5 Å². The molecule has 0 aromatic carbocycles. The van der Waals surface area contributed by atoms with E-state index in [0.717, 1.165) is 44.9 Å². The fourth-order valence-electron chi connectivity index (χ4n) is 13.8. The van der Waals surface area contributed by atoms with Crippen molar-refractivity contribution in [2.45, 2.75) is 501 Å². The van der Waals surface area contributed by atoms with E-state index in [1.807, 2.05) is 0 Å². The van der Waals surface area contributed by atoms with Gasteiger partial charge in [0.1, 0.15) is 0 Å². The Bertz CT molecular complexity index is 1450. The minimum atomic E-state index is -0.663. The largest absolute Gasteiger partial charge is 0.466 e. The second-order valence-electron chi connectivity index (χ2n) is 29.5. The summed E-state index contributed by atoms with van der Waals surface area (Å²) in [5.41, 5.74) is 0. The quantitative estimate of drug-likeness (QED) is 0.0320. The van der Waals surface area contributed by atoms with Crippen molar-refractivity contribution in [2.24, 2.45) is 0 Å². The highest BCUT2D eigenvalue weighted by Gasteiger charge is 2.20. The van der Waals surface area contributed by atoms with E-state index in [4.69, 9.17) is 4.74 Å². The first-order valence-electron chi connectivity index (χ1n) is 42.6. The number of carbonyl (C=O) groups excluding carboxylic acids is 2. The number of carbonyl (C=O) groups is 2. The van der Waals surface area contributed by atoms with Crippen molar-refractivity contribution in [1.29, 1.82) is 0 Å². The summed E-state index contributed by atoms with van der Waals surface area (Å²) in [7, 11) is 0. The van der Waals surface area contributed by atoms with Crippen LogP contribution in [0.1, 0.15) is 489 Å². The standard InChI is InChI=1S/C86H167NO5/c1-3-5-7-9-11-13-15-17-19-21-46-50-54-58-62-66-70-74-78-84(89)83(82-88)87-85(90)79-75-71-67-63-59-55-51-47-44-42-40-38-36-34-32-30-28-26-24-23-25-27-29-31-33-35-37-39-41-43-45-49-53-57-61-65-69-73-77-81-92-86(91)80-76-72-68-64-60-56-52-48-22-20-18-16-14-12-10-8-6-4-2/h23-24,27,29,83-84,88-89H,3-22,25-26,28,30-82H2,1-2H3,(H,87,90)/b24-23-,29-27-. The van der Waals surface area contributed by atoms with Gasteiger partial charge in [0.2, 0.25) is 5.91 Å². The molecule has 3 N–H and O–H groups in total. The maximum atomic E-state index is 12.6. The molecule has 1 amide bonds. The molecular formula is C86H167NO5. The topological polar surface area (TPSA) is 95.9 Å². The Labute approximate surface area is 577 Å². The molecule has 0 fully saturated rings. The number of amides is 1. The zero-order valence-electron chi connectivity index (χ0n) is 62.8. The molecule has 0 spiro atoms. The summed E-state index contributed by atoms with van der Waals surface area (Å²) in [5.74, 6) is -0.00111. The van der Waals surface area contributed by atoms with E-state index in [1.165, 1.54) is 411 Å². The van der Waals surface area contributed by atoms with Gasteiger partial charge in [-0.25, -0.2) is 0 Å². The maximum Gasteiger partial charge on any atom is 0.305 e. The van der Waals surface area contributed by atoms with Gasteiger partial charge in [0.15, 0.2) is 0 Å². The summed E-state index contributed by atoms with van der Waals surface area (Å²) >= 11 is 0. The van der Waals surface area contributed by atoms with Crippen molar-refractivity contribution >= 4 is 11.9 Å². The highest BCUT2D eigenvalue weighted by atomic mass is 16.5. The van der Waals surface area contributed by atoms with E-state index in [-0.39, 0.29) is 18.5 Å². The SMILES string of the molecule is CCCCCCCCCCCCCCCCCCCCC(=O)OCCCCCCCCCCCCCCCCC/C=C\C/C=C\CCCCCCCCCCCCCCCCCCCC(=O)NC(CO)C(O)CCCCCCCCCCCCCCCCCCCC. The molecule has 0 aromatic rings. The number of ether oxygens (including phenoxy) is 1. The molecule has 0 aliphatic rings. The van der Waals surface area contributed by atoms with Crippen LogP contribution in [-0.4, -0.2) is 47.4 Å². The Kier molecular flexibility index (Phi) is 80.3. The van der Waals surface area contributed by atoms with Crippen LogP contribution >= 0.6 is 0 Å². The van der Waals surface area contributed by atoms with E-state index >= 15 is 0 Å². The monoisotopic (exact) mass is 1290 g/mol. The van der Waals surface area contributed by atoms with Crippen LogP contribution in [0.4, 0.5) is 0 Å². The van der Waals surface area contributed by atoms with Crippen LogP contribution in [0.2, 0.25) is 0 Å². The summed E-state index contributed by atoms with van der Waals surface area (Å²) in [4.78, 5) is 24.7. The molecule has 0 radical (unpaired) electrons. The molecule has 0 aromatic heterocycles. The number of aliphatic hydroxyl groups excluding tert-OH is 2. The third-order valence-corrected chi connectivity index (χ3v) is 20.3. The fourth-order valence-corrected chi connectivity index (χ4v) is 13.8. The van der Waals surface area contributed by atoms with Crippen molar-refractivity contribution in [3.63, 3.8) is 0 Å². The minimum absolute atomic E-state index is 0.0259. The summed E-state index contributed by atoms with van der Waals surface area (Å²) in [6.07, 6.45) is 106. The predicted molar refractivity (Wildman–Crippen MR) is 407 cm³/mol. The molecule has 0 saturated heterocycles. The van der Waals surface area contributed by atoms with Crippen molar-refractivity contribution in [1.82, 2.24) is 5.32 Å². The number of allylic oxidation sites excluding steroid dienone is 4. The first-order valence-corrected chi connectivity index (χ1v) is 42.6. The lowest BCUT2D eigenvalue weighted by molar-refractivity contribution is -0.143. The zero-order chi connectivity index (χ0) is 66.3. The van der Waals surface area contributed by atoms with Gasteiger partial charge in [0.25, 0.3) is 0 Å².